The molecular formula is C53H52GeIrN2O-2. The number of hydrogen-bond donors (Lipinski definition) is 0. The molecule has 9 rings (SSSR count). The van der Waals surface area contributed by atoms with Gasteiger partial charge in [-0.3, -0.25) is 0 Å². The minimum absolute atomic E-state index is 0. The summed E-state index contributed by atoms with van der Waals surface area (Å²) in [5, 5.41) is 2.22. The van der Waals surface area contributed by atoms with Gasteiger partial charge in [0, 0.05) is 31.7 Å². The molecule has 5 heteroatoms. The summed E-state index contributed by atoms with van der Waals surface area (Å²) in [6.07, 6.45) is 6.16. The van der Waals surface area contributed by atoms with E-state index in [1.54, 1.807) is 4.40 Å². The van der Waals surface area contributed by atoms with Crippen LogP contribution in [0.2, 0.25) is 17.3 Å². The van der Waals surface area contributed by atoms with Crippen LogP contribution in [-0.4, -0.2) is 23.2 Å². The van der Waals surface area contributed by atoms with Crippen LogP contribution in [0.25, 0.3) is 66.7 Å². The Morgan fingerprint density at radius 1 is 0.690 bits per heavy atom. The van der Waals surface area contributed by atoms with Crippen LogP contribution in [0.5, 0.6) is 0 Å². The summed E-state index contributed by atoms with van der Waals surface area (Å²) in [4.78, 5) is 9.36. The monoisotopic (exact) mass is 999 g/mol. The van der Waals surface area contributed by atoms with Crippen LogP contribution < -0.4 is 4.40 Å². The topological polar surface area (TPSA) is 38.9 Å². The van der Waals surface area contributed by atoms with Crippen molar-refractivity contribution in [2.24, 2.45) is 11.8 Å². The van der Waals surface area contributed by atoms with Crippen molar-refractivity contribution in [3.8, 4) is 44.8 Å². The molecule has 0 N–H and O–H groups in total. The first-order valence-electron chi connectivity index (χ1n) is 20.5. The molecule has 0 amide bonds. The van der Waals surface area contributed by atoms with Gasteiger partial charge in [0.1, 0.15) is 5.58 Å². The second-order valence-electron chi connectivity index (χ2n) is 17.5. The first-order chi connectivity index (χ1) is 27.4. The second-order valence-corrected chi connectivity index (χ2v) is 28.0. The molecule has 0 spiro atoms. The number of rotatable bonds is 8. The van der Waals surface area contributed by atoms with Crippen LogP contribution in [0.1, 0.15) is 62.8 Å². The van der Waals surface area contributed by atoms with Gasteiger partial charge in [-0.15, -0.1) is 23.8 Å². The van der Waals surface area contributed by atoms with Crippen LogP contribution in [0.15, 0.2) is 132 Å². The van der Waals surface area contributed by atoms with Crippen molar-refractivity contribution in [3.63, 3.8) is 0 Å². The van der Waals surface area contributed by atoms with E-state index in [9.17, 15) is 0 Å². The number of benzene rings is 5. The molecule has 0 saturated heterocycles. The fourth-order valence-corrected chi connectivity index (χ4v) is 11.5. The molecule has 0 bridgehead atoms. The molecule has 3 nitrogen and oxygen atoms in total. The number of pyridine rings is 2. The number of fused-ring (bicyclic) bond motifs is 6. The van der Waals surface area contributed by atoms with E-state index in [1.807, 2.05) is 30.5 Å². The third-order valence-electron chi connectivity index (χ3n) is 11.6. The van der Waals surface area contributed by atoms with Crippen molar-refractivity contribution in [1.29, 1.82) is 0 Å². The molecule has 1 unspecified atom stereocenters. The van der Waals surface area contributed by atoms with E-state index in [-0.39, 0.29) is 20.1 Å². The zero-order valence-corrected chi connectivity index (χ0v) is 39.4. The molecule has 8 aromatic rings. The Bertz CT molecular complexity index is 2710. The standard InChI is InChI=1S/C35H28NO.C18H24GeN.Ir/c1-21(2)22(3)23-15-16-36-33(19-23)26-12-14-34-32(18-26)30-13-11-25(20-35(30)37-34)28-9-6-10-29-27-8-5-4-7-24(27)17-31(28)29;1-14(2)11-16-12-18(15-9-7-6-8-10-15)20-13-17(16)19(3,4)5;/h4-11,13-16,18-22H,17H2,1-3H3;6-9,12-14H,11H2,1-5H3;/q2*-1;. The van der Waals surface area contributed by atoms with Crippen LogP contribution in [-0.2, 0) is 32.9 Å². The minimum Gasteiger partial charge on any atom is 0 e. The number of furan rings is 1. The van der Waals surface area contributed by atoms with Crippen molar-refractivity contribution in [2.45, 2.75) is 70.6 Å². The van der Waals surface area contributed by atoms with Gasteiger partial charge < -0.3 is 9.40 Å². The smallest absolute Gasteiger partial charge is 0 e. The summed E-state index contributed by atoms with van der Waals surface area (Å²) in [6, 6.07) is 47.5. The molecule has 3 heterocycles. The molecule has 1 aliphatic rings. The maximum atomic E-state index is 6.33. The average Bonchev–Trinajstić information content (AvgIpc) is 3.78. The molecule has 3 aromatic heterocycles. The maximum Gasteiger partial charge on any atom is 0 e. The van der Waals surface area contributed by atoms with E-state index in [1.165, 1.54) is 44.5 Å². The summed E-state index contributed by atoms with van der Waals surface area (Å²) in [5.41, 5.74) is 16.6. The summed E-state index contributed by atoms with van der Waals surface area (Å²) in [5.74, 6) is 9.05. The van der Waals surface area contributed by atoms with Gasteiger partial charge in [0.05, 0.1) is 5.58 Å². The average molecular weight is 998 g/mol. The predicted octanol–water partition coefficient (Wildman–Crippen LogP) is 13.7. The summed E-state index contributed by atoms with van der Waals surface area (Å²) in [7, 11) is 0. The van der Waals surface area contributed by atoms with E-state index in [0.29, 0.717) is 17.8 Å². The normalized spacial score (nSPS) is 12.6. The van der Waals surface area contributed by atoms with E-state index < -0.39 is 13.3 Å². The van der Waals surface area contributed by atoms with Crippen molar-refractivity contribution in [3.05, 3.63) is 162 Å². The van der Waals surface area contributed by atoms with Crippen LogP contribution in [0.3, 0.4) is 0 Å². The van der Waals surface area contributed by atoms with Gasteiger partial charge in [0.2, 0.25) is 0 Å². The van der Waals surface area contributed by atoms with Gasteiger partial charge in [-0.2, -0.15) is 0 Å². The van der Waals surface area contributed by atoms with Crippen molar-refractivity contribution in [2.75, 3.05) is 0 Å². The third-order valence-corrected chi connectivity index (χ3v) is 15.9. The summed E-state index contributed by atoms with van der Waals surface area (Å²) >= 11 is -1.86. The Labute approximate surface area is 361 Å². The fraction of sp³-hybridized carbons (Fsp3) is 0.245. The van der Waals surface area contributed by atoms with E-state index in [4.69, 9.17) is 9.40 Å². The Morgan fingerprint density at radius 3 is 2.21 bits per heavy atom. The quantitative estimate of drug-likeness (QED) is 0.112. The molecule has 5 aromatic carbocycles. The molecule has 58 heavy (non-hydrogen) atoms. The van der Waals surface area contributed by atoms with Crippen molar-refractivity contribution in [1.82, 2.24) is 9.97 Å². The van der Waals surface area contributed by atoms with Gasteiger partial charge in [0.25, 0.3) is 0 Å². The number of hydrogen-bond acceptors (Lipinski definition) is 3. The molecule has 1 radical (unpaired) electrons. The Balaban J connectivity index is 0.000000208. The predicted molar refractivity (Wildman–Crippen MR) is 243 cm³/mol. The Hall–Kier alpha value is -4.61. The first-order valence-corrected chi connectivity index (χ1v) is 27.8. The Kier molecular flexibility index (Phi) is 12.4. The van der Waals surface area contributed by atoms with Crippen LogP contribution in [0, 0.1) is 24.0 Å². The summed E-state index contributed by atoms with van der Waals surface area (Å²) in [6.45, 7) is 11.4. The van der Waals surface area contributed by atoms with Crippen molar-refractivity contribution < 1.29 is 24.5 Å². The Morgan fingerprint density at radius 2 is 1.45 bits per heavy atom. The van der Waals surface area contributed by atoms with Gasteiger partial charge in [-0.25, -0.2) is 0 Å². The molecule has 0 aliphatic heterocycles. The van der Waals surface area contributed by atoms with E-state index in [2.05, 4.69) is 166 Å². The fourth-order valence-electron chi connectivity index (χ4n) is 8.21. The second kappa shape index (κ2) is 17.3. The van der Waals surface area contributed by atoms with Crippen LogP contribution in [0.4, 0.5) is 0 Å². The number of aromatic nitrogens is 2. The number of nitrogens with zero attached hydrogens (tertiary/aromatic N) is 2. The van der Waals surface area contributed by atoms with Crippen LogP contribution >= 0.6 is 0 Å². The van der Waals surface area contributed by atoms with E-state index >= 15 is 0 Å². The van der Waals surface area contributed by atoms with E-state index in [0.717, 1.165) is 57.3 Å². The zero-order chi connectivity index (χ0) is 39.8. The summed E-state index contributed by atoms with van der Waals surface area (Å²) < 4.78 is 7.87. The maximum absolute atomic E-state index is 6.33. The van der Waals surface area contributed by atoms with Gasteiger partial charge in [0.15, 0.2) is 0 Å². The van der Waals surface area contributed by atoms with Crippen molar-refractivity contribution >= 4 is 39.6 Å². The van der Waals surface area contributed by atoms with Gasteiger partial charge in [-0.1, -0.05) is 92.4 Å². The molecule has 1 aliphatic carbocycles. The third kappa shape index (κ3) is 8.57. The first kappa shape index (κ1) is 41.5. The molecule has 1 atom stereocenters. The largest absolute Gasteiger partial charge is 0 e. The van der Waals surface area contributed by atoms with Gasteiger partial charge >= 0.3 is 126 Å². The molecular weight excluding hydrogens is 945 g/mol. The zero-order valence-electron chi connectivity index (χ0n) is 34.9. The SMILES string of the molecule is CC(C)C(C)c1ccnc(-c2[c-]cc3oc4cc(-c5cccc6c5Cc5ccccc5-6)ccc4c3c2)c1.CC(C)Cc1cc(-c2[c-]cccc2)nc[c]1[Ge]([CH3])([CH3])[CH3].[Ir]. The molecule has 295 valence electrons. The minimum atomic E-state index is -1.86. The molecule has 0 fully saturated rings. The van der Waals surface area contributed by atoms with Gasteiger partial charge in [-0.05, 0) is 69.5 Å². The molecule has 0 saturated carbocycles.